The molecule has 7 heteroatoms. The van der Waals surface area contributed by atoms with Gasteiger partial charge in [-0.05, 0) is 38.0 Å². The van der Waals surface area contributed by atoms with Crippen molar-refractivity contribution in [1.82, 2.24) is 10.6 Å². The van der Waals surface area contributed by atoms with E-state index >= 15 is 0 Å². The van der Waals surface area contributed by atoms with Gasteiger partial charge in [-0.15, -0.1) is 0 Å². The molecule has 1 aromatic carbocycles. The molecule has 2 amide bonds. The molecule has 0 saturated carbocycles. The van der Waals surface area contributed by atoms with E-state index in [2.05, 4.69) is 10.6 Å². The van der Waals surface area contributed by atoms with Crippen molar-refractivity contribution in [3.05, 3.63) is 29.8 Å². The van der Waals surface area contributed by atoms with Gasteiger partial charge in [0.2, 0.25) is 0 Å². The molecule has 2 N–H and O–H groups in total. The molecule has 0 aliphatic rings. The van der Waals surface area contributed by atoms with E-state index < -0.39 is 9.84 Å². The highest BCUT2D eigenvalue weighted by Crippen LogP contribution is 2.16. The number of hydrogen-bond acceptors (Lipinski definition) is 4. The minimum absolute atomic E-state index is 0.208. The lowest BCUT2D eigenvalue weighted by Gasteiger charge is -2.15. The highest BCUT2D eigenvalue weighted by Gasteiger charge is 2.11. The first-order valence-electron chi connectivity index (χ1n) is 7.26. The molecule has 0 fully saturated rings. The quantitative estimate of drug-likeness (QED) is 0.714. The number of amides is 2. The SMILES string of the molecule is CCOCCCNC(=O)NC(C)c1ccc(S(C)(=O)=O)cc1. The van der Waals surface area contributed by atoms with Crippen LogP contribution < -0.4 is 10.6 Å². The molecule has 1 rings (SSSR count). The van der Waals surface area contributed by atoms with Gasteiger partial charge in [0.25, 0.3) is 0 Å². The number of benzene rings is 1. The van der Waals surface area contributed by atoms with Crippen molar-refractivity contribution >= 4 is 15.9 Å². The number of ether oxygens (including phenoxy) is 1. The highest BCUT2D eigenvalue weighted by atomic mass is 32.2. The van der Waals surface area contributed by atoms with Crippen molar-refractivity contribution in [2.45, 2.75) is 31.2 Å². The minimum atomic E-state index is -3.20. The summed E-state index contributed by atoms with van der Waals surface area (Å²) in [6, 6.07) is 6.04. The van der Waals surface area contributed by atoms with Crippen LogP contribution in [0.5, 0.6) is 0 Å². The molecule has 0 bridgehead atoms. The van der Waals surface area contributed by atoms with Gasteiger partial charge in [-0.3, -0.25) is 0 Å². The van der Waals surface area contributed by atoms with Crippen LogP contribution in [0.4, 0.5) is 4.79 Å². The van der Waals surface area contributed by atoms with Gasteiger partial charge < -0.3 is 15.4 Å². The van der Waals surface area contributed by atoms with Gasteiger partial charge in [-0.1, -0.05) is 12.1 Å². The van der Waals surface area contributed by atoms with Crippen molar-refractivity contribution < 1.29 is 17.9 Å². The van der Waals surface area contributed by atoms with Crippen LogP contribution in [0.3, 0.4) is 0 Å². The zero-order valence-corrected chi connectivity index (χ0v) is 14.1. The predicted octanol–water partition coefficient (Wildman–Crippen LogP) is 1.88. The van der Waals surface area contributed by atoms with E-state index in [0.717, 1.165) is 12.0 Å². The molecule has 0 aliphatic carbocycles. The van der Waals surface area contributed by atoms with Crippen LogP contribution in [0, 0.1) is 0 Å². The smallest absolute Gasteiger partial charge is 0.315 e. The maximum atomic E-state index is 11.7. The van der Waals surface area contributed by atoms with E-state index in [1.165, 1.54) is 6.26 Å². The van der Waals surface area contributed by atoms with E-state index in [1.54, 1.807) is 24.3 Å². The molecule has 22 heavy (non-hydrogen) atoms. The molecule has 6 nitrogen and oxygen atoms in total. The lowest BCUT2D eigenvalue weighted by Crippen LogP contribution is -2.37. The summed E-state index contributed by atoms with van der Waals surface area (Å²) < 4.78 is 28.0. The Kier molecular flexibility index (Phi) is 7.34. The maximum absolute atomic E-state index is 11.7. The Bertz CT molecular complexity index is 570. The third-order valence-corrected chi connectivity index (χ3v) is 4.24. The first-order valence-corrected chi connectivity index (χ1v) is 9.16. The summed E-state index contributed by atoms with van der Waals surface area (Å²) in [5.74, 6) is 0. The third-order valence-electron chi connectivity index (χ3n) is 3.11. The molecule has 1 unspecified atom stereocenters. The predicted molar refractivity (Wildman–Crippen MR) is 85.6 cm³/mol. The first-order chi connectivity index (χ1) is 10.3. The van der Waals surface area contributed by atoms with E-state index in [-0.39, 0.29) is 17.0 Å². The zero-order valence-electron chi connectivity index (χ0n) is 13.3. The van der Waals surface area contributed by atoms with Crippen LogP contribution in [0.2, 0.25) is 0 Å². The van der Waals surface area contributed by atoms with E-state index in [1.807, 2.05) is 13.8 Å². The molecule has 0 saturated heterocycles. The van der Waals surface area contributed by atoms with Gasteiger partial charge >= 0.3 is 6.03 Å². The van der Waals surface area contributed by atoms with Gasteiger partial charge in [0.05, 0.1) is 10.9 Å². The van der Waals surface area contributed by atoms with Crippen molar-refractivity contribution in [3.8, 4) is 0 Å². The summed E-state index contributed by atoms with van der Waals surface area (Å²) in [5.41, 5.74) is 0.844. The maximum Gasteiger partial charge on any atom is 0.315 e. The van der Waals surface area contributed by atoms with Crippen molar-refractivity contribution in [2.24, 2.45) is 0 Å². The summed E-state index contributed by atoms with van der Waals surface area (Å²) in [4.78, 5) is 12.0. The Morgan fingerprint density at radius 3 is 2.45 bits per heavy atom. The molecule has 0 radical (unpaired) electrons. The molecule has 1 atom stereocenters. The second-order valence-corrected chi connectivity index (χ2v) is 7.03. The van der Waals surface area contributed by atoms with Crippen LogP contribution >= 0.6 is 0 Å². The molecular formula is C15H24N2O4S. The fraction of sp³-hybridized carbons (Fsp3) is 0.533. The fourth-order valence-corrected chi connectivity index (χ4v) is 2.49. The number of rotatable bonds is 8. The third kappa shape index (κ3) is 6.44. The monoisotopic (exact) mass is 328 g/mol. The first kappa shape index (κ1) is 18.4. The molecule has 0 heterocycles. The second-order valence-electron chi connectivity index (χ2n) is 5.01. The summed E-state index contributed by atoms with van der Waals surface area (Å²) in [5, 5.41) is 5.56. The van der Waals surface area contributed by atoms with Gasteiger partial charge in [-0.25, -0.2) is 13.2 Å². The Balaban J connectivity index is 2.44. The average molecular weight is 328 g/mol. The Morgan fingerprint density at radius 1 is 1.27 bits per heavy atom. The number of urea groups is 1. The van der Waals surface area contributed by atoms with E-state index in [0.29, 0.717) is 19.8 Å². The molecular weight excluding hydrogens is 304 g/mol. The lowest BCUT2D eigenvalue weighted by molar-refractivity contribution is 0.145. The summed E-state index contributed by atoms with van der Waals surface area (Å²) in [6.45, 7) is 5.61. The normalized spacial score (nSPS) is 12.7. The van der Waals surface area contributed by atoms with Gasteiger partial charge in [-0.2, -0.15) is 0 Å². The van der Waals surface area contributed by atoms with E-state index in [9.17, 15) is 13.2 Å². The summed E-state index contributed by atoms with van der Waals surface area (Å²) in [6.07, 6.45) is 1.93. The van der Waals surface area contributed by atoms with Crippen molar-refractivity contribution in [1.29, 1.82) is 0 Å². The molecule has 0 spiro atoms. The van der Waals surface area contributed by atoms with Gasteiger partial charge in [0.15, 0.2) is 9.84 Å². The number of hydrogen-bond donors (Lipinski definition) is 2. The Hall–Kier alpha value is -1.60. The van der Waals surface area contributed by atoms with Crippen LogP contribution in [0.1, 0.15) is 31.9 Å². The zero-order chi connectivity index (χ0) is 16.6. The average Bonchev–Trinajstić information content (AvgIpc) is 2.46. The topological polar surface area (TPSA) is 84.5 Å². The summed E-state index contributed by atoms with van der Waals surface area (Å²) >= 11 is 0. The second kappa shape index (κ2) is 8.75. The van der Waals surface area contributed by atoms with Crippen molar-refractivity contribution in [3.63, 3.8) is 0 Å². The number of nitrogens with one attached hydrogen (secondary N) is 2. The van der Waals surface area contributed by atoms with Crippen molar-refractivity contribution in [2.75, 3.05) is 26.0 Å². The number of carbonyl (C=O) groups excluding carboxylic acids is 1. The molecule has 124 valence electrons. The molecule has 0 aromatic heterocycles. The van der Waals surface area contributed by atoms with Crippen LogP contribution in [-0.2, 0) is 14.6 Å². The molecule has 0 aliphatic heterocycles. The van der Waals surface area contributed by atoms with E-state index in [4.69, 9.17) is 4.74 Å². The highest BCUT2D eigenvalue weighted by molar-refractivity contribution is 7.90. The minimum Gasteiger partial charge on any atom is -0.382 e. The number of sulfone groups is 1. The lowest BCUT2D eigenvalue weighted by atomic mass is 10.1. The van der Waals surface area contributed by atoms with Crippen LogP contribution in [0.15, 0.2) is 29.2 Å². The fourth-order valence-electron chi connectivity index (χ4n) is 1.86. The standard InChI is InChI=1S/C15H24N2O4S/c1-4-21-11-5-10-16-15(18)17-12(2)13-6-8-14(9-7-13)22(3,19)20/h6-9,12H,4-5,10-11H2,1-3H3,(H2,16,17,18). The largest absolute Gasteiger partial charge is 0.382 e. The molecule has 1 aromatic rings. The Morgan fingerprint density at radius 2 is 1.91 bits per heavy atom. The van der Waals surface area contributed by atoms with Gasteiger partial charge in [0, 0.05) is 26.0 Å². The van der Waals surface area contributed by atoms with Gasteiger partial charge in [0.1, 0.15) is 0 Å². The number of carbonyl (C=O) groups is 1. The van der Waals surface area contributed by atoms with Crippen LogP contribution in [0.25, 0.3) is 0 Å². The van der Waals surface area contributed by atoms with Crippen LogP contribution in [-0.4, -0.2) is 40.5 Å². The Labute approximate surface area is 132 Å². The summed E-state index contributed by atoms with van der Waals surface area (Å²) in [7, 11) is -3.20.